The Bertz CT molecular complexity index is 203. The average Bonchev–Trinajstić information content (AvgIpc) is 2.03. The van der Waals surface area contributed by atoms with Gasteiger partial charge in [0.15, 0.2) is 0 Å². The number of piperidine rings is 1. The van der Waals surface area contributed by atoms with Gasteiger partial charge in [-0.15, -0.1) is 0 Å². The van der Waals surface area contributed by atoms with E-state index in [0.717, 1.165) is 12.5 Å². The van der Waals surface area contributed by atoms with Crippen LogP contribution in [0.15, 0.2) is 0 Å². The van der Waals surface area contributed by atoms with Gasteiger partial charge in [-0.2, -0.15) is 0 Å². The third-order valence-electron chi connectivity index (χ3n) is 4.46. The monoisotopic (exact) mass is 195 g/mol. The van der Waals surface area contributed by atoms with Crippen molar-refractivity contribution >= 4 is 0 Å². The zero-order valence-corrected chi connectivity index (χ0v) is 9.17. The largest absolute Gasteiger partial charge is 0.378 e. The standard InChI is InChI=1S/C12H21NO/c1-13-4-2-11(3-5-13)14-9-12-6-10(7-12)8-12/h10-11H,2-9H2,1H3. The maximum atomic E-state index is 6.05. The molecule has 2 heteroatoms. The molecule has 14 heavy (non-hydrogen) atoms. The van der Waals surface area contributed by atoms with Crippen molar-refractivity contribution in [3.8, 4) is 0 Å². The second kappa shape index (κ2) is 3.21. The Hall–Kier alpha value is -0.0800. The van der Waals surface area contributed by atoms with E-state index in [4.69, 9.17) is 4.74 Å². The Balaban J connectivity index is 1.40. The summed E-state index contributed by atoms with van der Waals surface area (Å²) in [6.07, 6.45) is 7.48. The minimum Gasteiger partial charge on any atom is -0.378 e. The molecule has 4 fully saturated rings. The number of hydrogen-bond acceptors (Lipinski definition) is 2. The Morgan fingerprint density at radius 2 is 1.86 bits per heavy atom. The molecule has 0 unspecified atom stereocenters. The first-order chi connectivity index (χ1) is 6.76. The van der Waals surface area contributed by atoms with Crippen molar-refractivity contribution in [3.63, 3.8) is 0 Å². The van der Waals surface area contributed by atoms with E-state index in [2.05, 4.69) is 11.9 Å². The van der Waals surface area contributed by atoms with Gasteiger partial charge >= 0.3 is 0 Å². The van der Waals surface area contributed by atoms with Gasteiger partial charge in [0.2, 0.25) is 0 Å². The van der Waals surface area contributed by atoms with E-state index in [9.17, 15) is 0 Å². The third kappa shape index (κ3) is 1.49. The molecular formula is C12H21NO. The van der Waals surface area contributed by atoms with Crippen molar-refractivity contribution < 1.29 is 4.74 Å². The van der Waals surface area contributed by atoms with E-state index in [1.165, 1.54) is 45.2 Å². The second-order valence-electron chi connectivity index (χ2n) is 5.79. The molecule has 0 amide bonds. The highest BCUT2D eigenvalue weighted by molar-refractivity contribution is 5.06. The summed E-state index contributed by atoms with van der Waals surface area (Å²) >= 11 is 0. The number of nitrogens with zero attached hydrogens (tertiary/aromatic N) is 1. The fourth-order valence-electron chi connectivity index (χ4n) is 3.28. The van der Waals surface area contributed by atoms with Crippen molar-refractivity contribution in [2.45, 2.75) is 38.2 Å². The van der Waals surface area contributed by atoms with E-state index in [-0.39, 0.29) is 0 Å². The number of likely N-dealkylation sites (tertiary alicyclic amines) is 1. The smallest absolute Gasteiger partial charge is 0.0599 e. The Morgan fingerprint density at radius 1 is 1.21 bits per heavy atom. The molecule has 80 valence electrons. The van der Waals surface area contributed by atoms with Crippen LogP contribution in [0.2, 0.25) is 0 Å². The summed E-state index contributed by atoms with van der Waals surface area (Å²) in [5.41, 5.74) is 0.675. The summed E-state index contributed by atoms with van der Waals surface area (Å²) in [5, 5.41) is 0. The molecular weight excluding hydrogens is 174 g/mol. The Labute approximate surface area is 86.6 Å². The number of ether oxygens (including phenoxy) is 1. The molecule has 1 heterocycles. The predicted octanol–water partition coefficient (Wildman–Crippen LogP) is 1.90. The first-order valence-corrected chi connectivity index (χ1v) is 6.06. The molecule has 0 radical (unpaired) electrons. The van der Waals surface area contributed by atoms with E-state index < -0.39 is 0 Å². The number of hydrogen-bond donors (Lipinski definition) is 0. The molecule has 2 bridgehead atoms. The molecule has 0 aromatic rings. The predicted molar refractivity (Wildman–Crippen MR) is 56.2 cm³/mol. The molecule has 3 aliphatic carbocycles. The molecule has 0 aromatic carbocycles. The molecule has 2 nitrogen and oxygen atoms in total. The topological polar surface area (TPSA) is 12.5 Å². The van der Waals surface area contributed by atoms with Crippen LogP contribution in [-0.4, -0.2) is 37.7 Å². The third-order valence-corrected chi connectivity index (χ3v) is 4.46. The van der Waals surface area contributed by atoms with Crippen LogP contribution in [0.25, 0.3) is 0 Å². The van der Waals surface area contributed by atoms with Crippen molar-refractivity contribution in [2.75, 3.05) is 26.7 Å². The average molecular weight is 195 g/mol. The summed E-state index contributed by atoms with van der Waals surface area (Å²) in [5.74, 6) is 1.09. The van der Waals surface area contributed by atoms with Crippen molar-refractivity contribution in [3.05, 3.63) is 0 Å². The lowest BCUT2D eigenvalue weighted by molar-refractivity contribution is -0.170. The van der Waals surface area contributed by atoms with Crippen LogP contribution in [0, 0.1) is 11.3 Å². The lowest BCUT2D eigenvalue weighted by Crippen LogP contribution is -2.55. The van der Waals surface area contributed by atoms with Crippen LogP contribution in [-0.2, 0) is 4.74 Å². The van der Waals surface area contributed by atoms with Crippen LogP contribution >= 0.6 is 0 Å². The van der Waals surface area contributed by atoms with E-state index in [0.29, 0.717) is 11.5 Å². The van der Waals surface area contributed by atoms with Gasteiger partial charge in [0.05, 0.1) is 12.7 Å². The highest BCUT2D eigenvalue weighted by atomic mass is 16.5. The molecule has 4 aliphatic rings. The zero-order valence-electron chi connectivity index (χ0n) is 9.17. The van der Waals surface area contributed by atoms with Crippen molar-refractivity contribution in [2.24, 2.45) is 11.3 Å². The quantitative estimate of drug-likeness (QED) is 0.682. The summed E-state index contributed by atoms with van der Waals surface area (Å²) in [6, 6.07) is 0. The fourth-order valence-corrected chi connectivity index (χ4v) is 3.28. The number of rotatable bonds is 3. The van der Waals surface area contributed by atoms with Gasteiger partial charge in [0.25, 0.3) is 0 Å². The van der Waals surface area contributed by atoms with Gasteiger partial charge in [0.1, 0.15) is 0 Å². The second-order valence-corrected chi connectivity index (χ2v) is 5.79. The first-order valence-electron chi connectivity index (χ1n) is 6.06. The lowest BCUT2D eigenvalue weighted by Gasteiger charge is -2.62. The van der Waals surface area contributed by atoms with Gasteiger partial charge in [-0.3, -0.25) is 0 Å². The Kier molecular flexibility index (Phi) is 2.10. The van der Waals surface area contributed by atoms with Gasteiger partial charge in [-0.1, -0.05) is 0 Å². The molecule has 0 N–H and O–H groups in total. The van der Waals surface area contributed by atoms with Crippen molar-refractivity contribution in [1.29, 1.82) is 0 Å². The summed E-state index contributed by atoms with van der Waals surface area (Å²) in [4.78, 5) is 2.40. The normalized spacial score (nSPS) is 43.1. The van der Waals surface area contributed by atoms with Gasteiger partial charge in [0, 0.05) is 13.1 Å². The van der Waals surface area contributed by atoms with Gasteiger partial charge < -0.3 is 9.64 Å². The van der Waals surface area contributed by atoms with E-state index in [1.54, 1.807) is 0 Å². The minimum atomic E-state index is 0.570. The van der Waals surface area contributed by atoms with Crippen LogP contribution in [0.1, 0.15) is 32.1 Å². The highest BCUT2D eigenvalue weighted by Crippen LogP contribution is 2.64. The van der Waals surface area contributed by atoms with Gasteiger partial charge in [-0.05, 0) is 50.5 Å². The fraction of sp³-hybridized carbons (Fsp3) is 1.00. The van der Waals surface area contributed by atoms with Crippen molar-refractivity contribution in [1.82, 2.24) is 4.90 Å². The molecule has 3 saturated carbocycles. The van der Waals surface area contributed by atoms with Crippen LogP contribution in [0.5, 0.6) is 0 Å². The molecule has 0 aromatic heterocycles. The zero-order chi connectivity index (χ0) is 9.60. The van der Waals surface area contributed by atoms with Crippen LogP contribution < -0.4 is 0 Å². The first kappa shape index (κ1) is 9.17. The molecule has 1 saturated heterocycles. The van der Waals surface area contributed by atoms with Crippen LogP contribution in [0.3, 0.4) is 0 Å². The highest BCUT2D eigenvalue weighted by Gasteiger charge is 2.56. The van der Waals surface area contributed by atoms with E-state index >= 15 is 0 Å². The summed E-state index contributed by atoms with van der Waals surface area (Å²) in [7, 11) is 2.21. The summed E-state index contributed by atoms with van der Waals surface area (Å²) < 4.78 is 6.05. The molecule has 0 atom stereocenters. The SMILES string of the molecule is CN1CCC(OCC23CC(C2)C3)CC1. The maximum Gasteiger partial charge on any atom is 0.0599 e. The molecule has 4 rings (SSSR count). The van der Waals surface area contributed by atoms with Crippen LogP contribution in [0.4, 0.5) is 0 Å². The Morgan fingerprint density at radius 3 is 2.36 bits per heavy atom. The minimum absolute atomic E-state index is 0.570. The maximum absolute atomic E-state index is 6.05. The van der Waals surface area contributed by atoms with Gasteiger partial charge in [-0.25, -0.2) is 0 Å². The van der Waals surface area contributed by atoms with E-state index in [1.807, 2.05) is 0 Å². The lowest BCUT2D eigenvalue weighted by atomic mass is 9.45. The summed E-state index contributed by atoms with van der Waals surface area (Å²) in [6.45, 7) is 3.51. The molecule has 0 spiro atoms. The molecule has 1 aliphatic heterocycles.